The average Bonchev–Trinajstić information content (AvgIpc) is 2.98. The lowest BCUT2D eigenvalue weighted by molar-refractivity contribution is -0.145. The number of carbonyl (C=O) groups is 2. The number of benzene rings is 2. The van der Waals surface area contributed by atoms with Crippen LogP contribution in [0.5, 0.6) is 5.75 Å². The van der Waals surface area contributed by atoms with Gasteiger partial charge in [-0.15, -0.1) is 0 Å². The summed E-state index contributed by atoms with van der Waals surface area (Å²) in [6.07, 6.45) is 0.668. The van der Waals surface area contributed by atoms with Gasteiger partial charge < -0.3 is 9.84 Å². The number of halogens is 3. The summed E-state index contributed by atoms with van der Waals surface area (Å²) in [5.41, 5.74) is 1.39. The molecule has 0 spiro atoms. The molecular weight excluding hydrogens is 432 g/mol. The lowest BCUT2D eigenvalue weighted by Crippen LogP contribution is -2.17. The maximum Gasteiger partial charge on any atom is 0.313 e. The number of aromatic hydroxyl groups is 1. The first-order valence-corrected chi connectivity index (χ1v) is 10.1. The molecule has 0 aliphatic heterocycles. The molecule has 158 valence electrons. The summed E-state index contributed by atoms with van der Waals surface area (Å²) in [6, 6.07) is 6.72. The zero-order valence-corrected chi connectivity index (χ0v) is 18.1. The van der Waals surface area contributed by atoms with Crippen LogP contribution < -0.4 is 0 Å². The summed E-state index contributed by atoms with van der Waals surface area (Å²) in [7, 11) is 0. The van der Waals surface area contributed by atoms with E-state index in [4.69, 9.17) is 27.9 Å². The van der Waals surface area contributed by atoms with E-state index >= 15 is 0 Å². The number of fused-ring (bicyclic) bond motifs is 1. The van der Waals surface area contributed by atoms with Crippen LogP contribution in [-0.2, 0) is 9.53 Å². The summed E-state index contributed by atoms with van der Waals surface area (Å²) in [6.45, 7) is 5.45. The van der Waals surface area contributed by atoms with Gasteiger partial charge in [0.15, 0.2) is 11.6 Å². The minimum absolute atomic E-state index is 0.206. The van der Waals surface area contributed by atoms with Gasteiger partial charge in [-0.3, -0.25) is 14.2 Å². The lowest BCUT2D eigenvalue weighted by atomic mass is 9.98. The monoisotopic (exact) mass is 451 g/mol. The number of phenolic OH excluding ortho intramolecular Hbond substituents is 1. The van der Waals surface area contributed by atoms with Gasteiger partial charge in [-0.25, -0.2) is 4.39 Å². The minimum Gasteiger partial charge on any atom is -0.505 e. The second-order valence-corrected chi connectivity index (χ2v) is 7.79. The smallest absolute Gasteiger partial charge is 0.313 e. The normalized spacial score (nSPS) is 12.2. The van der Waals surface area contributed by atoms with Crippen molar-refractivity contribution >= 4 is 46.0 Å². The van der Waals surface area contributed by atoms with Gasteiger partial charge in [0.05, 0.1) is 28.1 Å². The average molecular weight is 452 g/mol. The first-order valence-electron chi connectivity index (χ1n) is 9.37. The van der Waals surface area contributed by atoms with Crippen LogP contribution in [-0.4, -0.2) is 28.2 Å². The van der Waals surface area contributed by atoms with Gasteiger partial charge in [0.1, 0.15) is 0 Å². The first kappa shape index (κ1) is 22.1. The molecule has 1 aromatic heterocycles. The van der Waals surface area contributed by atoms with Gasteiger partial charge in [-0.05, 0) is 50.1 Å². The van der Waals surface area contributed by atoms with E-state index in [-0.39, 0.29) is 22.7 Å². The van der Waals surface area contributed by atoms with Gasteiger partial charge in [-0.2, -0.15) is 0 Å². The van der Waals surface area contributed by atoms with E-state index in [1.807, 2.05) is 6.92 Å². The van der Waals surface area contributed by atoms with E-state index < -0.39 is 29.4 Å². The second-order valence-electron chi connectivity index (χ2n) is 6.98. The van der Waals surface area contributed by atoms with E-state index in [0.717, 1.165) is 6.07 Å². The van der Waals surface area contributed by atoms with E-state index in [2.05, 4.69) is 0 Å². The molecular formula is C22H20Cl2FNO4. The van der Waals surface area contributed by atoms with Gasteiger partial charge in [0, 0.05) is 22.7 Å². The third-order valence-corrected chi connectivity index (χ3v) is 5.67. The van der Waals surface area contributed by atoms with E-state index in [0.29, 0.717) is 28.1 Å². The summed E-state index contributed by atoms with van der Waals surface area (Å²) in [4.78, 5) is 25.8. The highest BCUT2D eigenvalue weighted by molar-refractivity contribution is 6.42. The zero-order chi connectivity index (χ0) is 22.2. The lowest BCUT2D eigenvalue weighted by Gasteiger charge is -2.13. The highest BCUT2D eigenvalue weighted by Crippen LogP contribution is 2.36. The van der Waals surface area contributed by atoms with Crippen molar-refractivity contribution in [2.24, 2.45) is 0 Å². The Morgan fingerprint density at radius 3 is 2.53 bits per heavy atom. The Balaban J connectivity index is 2.23. The largest absolute Gasteiger partial charge is 0.505 e. The zero-order valence-electron chi connectivity index (χ0n) is 16.6. The standard InChI is InChI=1S/C22H20Cl2FNO4/c1-4-7-30-22(29)11(2)20-12(3)26(18-10-17(25)19(27)9-14(18)20)21(28)13-5-6-15(23)16(24)8-13/h5-6,8-11,27H,4,7H2,1-3H3/t11-/m1/s1. The molecule has 8 heteroatoms. The second kappa shape index (κ2) is 8.66. The summed E-state index contributed by atoms with van der Waals surface area (Å²) in [5, 5.41) is 10.8. The molecule has 3 rings (SSSR count). The molecule has 0 unspecified atom stereocenters. The molecule has 1 N–H and O–H groups in total. The number of carbonyl (C=O) groups excluding carboxylic acids is 2. The third-order valence-electron chi connectivity index (χ3n) is 4.93. The first-order chi connectivity index (χ1) is 14.2. The van der Waals surface area contributed by atoms with Crippen molar-refractivity contribution in [2.75, 3.05) is 6.61 Å². The number of phenols is 1. The van der Waals surface area contributed by atoms with Crippen LogP contribution in [0.1, 0.15) is 47.8 Å². The van der Waals surface area contributed by atoms with Crippen molar-refractivity contribution < 1.29 is 23.8 Å². The van der Waals surface area contributed by atoms with Crippen molar-refractivity contribution in [3.63, 3.8) is 0 Å². The Kier molecular flexibility index (Phi) is 6.38. The molecule has 0 saturated carbocycles. The van der Waals surface area contributed by atoms with Gasteiger partial charge in [0.2, 0.25) is 0 Å². The molecule has 30 heavy (non-hydrogen) atoms. The predicted molar refractivity (Wildman–Crippen MR) is 114 cm³/mol. The SMILES string of the molecule is CCCOC(=O)[C@H](C)c1c(C)n(C(=O)c2ccc(Cl)c(Cl)c2)c2cc(F)c(O)cc12. The molecule has 2 aromatic carbocycles. The van der Waals surface area contributed by atoms with Crippen LogP contribution in [0.25, 0.3) is 10.9 Å². The number of nitrogens with zero attached hydrogens (tertiary/aromatic N) is 1. The molecule has 1 atom stereocenters. The molecule has 0 amide bonds. The third kappa shape index (κ3) is 3.89. The van der Waals surface area contributed by atoms with E-state index in [9.17, 15) is 19.1 Å². The number of aromatic nitrogens is 1. The molecule has 1 heterocycles. The predicted octanol–water partition coefficient (Wildman–Crippen LogP) is 5.85. The molecule has 3 aromatic rings. The number of esters is 1. The topological polar surface area (TPSA) is 68.5 Å². The van der Waals surface area contributed by atoms with Crippen LogP contribution in [0.3, 0.4) is 0 Å². The summed E-state index contributed by atoms with van der Waals surface area (Å²) >= 11 is 12.0. The molecule has 0 radical (unpaired) electrons. The summed E-state index contributed by atoms with van der Waals surface area (Å²) < 4.78 is 20.7. The quantitative estimate of drug-likeness (QED) is 0.494. The Hall–Kier alpha value is -2.57. The number of ether oxygens (including phenoxy) is 1. The minimum atomic E-state index is -0.879. The fraction of sp³-hybridized carbons (Fsp3) is 0.273. The van der Waals surface area contributed by atoms with Crippen molar-refractivity contribution in [3.8, 4) is 5.75 Å². The van der Waals surface area contributed by atoms with E-state index in [1.54, 1.807) is 13.8 Å². The Morgan fingerprint density at radius 1 is 1.20 bits per heavy atom. The van der Waals surface area contributed by atoms with Gasteiger partial charge >= 0.3 is 5.97 Å². The van der Waals surface area contributed by atoms with Crippen molar-refractivity contribution in [3.05, 3.63) is 63.0 Å². The van der Waals surface area contributed by atoms with Crippen LogP contribution in [0.4, 0.5) is 4.39 Å². The maximum atomic E-state index is 14.2. The van der Waals surface area contributed by atoms with Crippen LogP contribution in [0, 0.1) is 12.7 Å². The molecule has 0 aliphatic carbocycles. The van der Waals surface area contributed by atoms with Crippen LogP contribution in [0.2, 0.25) is 10.0 Å². The highest BCUT2D eigenvalue weighted by atomic mass is 35.5. The Bertz CT molecular complexity index is 1160. The number of hydrogen-bond acceptors (Lipinski definition) is 4. The molecule has 0 saturated heterocycles. The Morgan fingerprint density at radius 2 is 1.90 bits per heavy atom. The van der Waals surface area contributed by atoms with Crippen LogP contribution >= 0.6 is 23.2 Å². The molecule has 0 fully saturated rings. The molecule has 0 bridgehead atoms. The van der Waals surface area contributed by atoms with Gasteiger partial charge in [0.25, 0.3) is 5.91 Å². The number of hydrogen-bond donors (Lipinski definition) is 1. The number of rotatable bonds is 5. The fourth-order valence-electron chi connectivity index (χ4n) is 3.46. The molecule has 5 nitrogen and oxygen atoms in total. The van der Waals surface area contributed by atoms with Crippen molar-refractivity contribution in [1.82, 2.24) is 4.57 Å². The molecule has 0 aliphatic rings. The Labute approximate surface area is 183 Å². The van der Waals surface area contributed by atoms with Crippen LogP contribution in [0.15, 0.2) is 30.3 Å². The highest BCUT2D eigenvalue weighted by Gasteiger charge is 2.28. The van der Waals surface area contributed by atoms with Crippen molar-refractivity contribution in [2.45, 2.75) is 33.1 Å². The van der Waals surface area contributed by atoms with E-state index in [1.165, 1.54) is 28.8 Å². The fourth-order valence-corrected chi connectivity index (χ4v) is 3.76. The maximum absolute atomic E-state index is 14.2. The van der Waals surface area contributed by atoms with Crippen molar-refractivity contribution in [1.29, 1.82) is 0 Å². The summed E-state index contributed by atoms with van der Waals surface area (Å²) in [5.74, 6) is -3.12. The van der Waals surface area contributed by atoms with Gasteiger partial charge in [-0.1, -0.05) is 30.1 Å².